The van der Waals surface area contributed by atoms with E-state index in [1.807, 2.05) is 35.2 Å². The molecule has 1 saturated heterocycles. The van der Waals surface area contributed by atoms with Gasteiger partial charge in [-0.1, -0.05) is 49.1 Å². The molecular weight excluding hydrogens is 336 g/mol. The van der Waals surface area contributed by atoms with E-state index in [0.717, 1.165) is 38.5 Å². The number of nitrogens with one attached hydrogen (secondary N) is 1. The van der Waals surface area contributed by atoms with Crippen molar-refractivity contribution in [2.45, 2.75) is 0 Å². The van der Waals surface area contributed by atoms with Gasteiger partial charge in [-0.15, -0.1) is 0 Å². The van der Waals surface area contributed by atoms with E-state index in [2.05, 4.69) is 43.0 Å². The molecule has 4 heteroatoms. The van der Waals surface area contributed by atoms with Crippen molar-refractivity contribution < 1.29 is 14.4 Å². The van der Waals surface area contributed by atoms with Gasteiger partial charge in [-0.05, 0) is 35.9 Å². The van der Waals surface area contributed by atoms with Crippen LogP contribution in [0.5, 0.6) is 5.75 Å². The first-order valence-corrected chi connectivity index (χ1v) is 9.44. The zero-order valence-corrected chi connectivity index (χ0v) is 15.6. The van der Waals surface area contributed by atoms with Gasteiger partial charge in [-0.2, -0.15) is 0 Å². The highest BCUT2D eigenvalue weighted by Crippen LogP contribution is 2.14. The largest absolute Gasteiger partial charge is 0.490 e. The van der Waals surface area contributed by atoms with Gasteiger partial charge < -0.3 is 14.5 Å². The van der Waals surface area contributed by atoms with Crippen LogP contribution in [0, 0.1) is 0 Å². The molecule has 0 saturated carbocycles. The second kappa shape index (κ2) is 9.74. The molecule has 1 N–H and O–H groups in total. The number of piperazine rings is 1. The molecule has 0 atom stereocenters. The monoisotopic (exact) mass is 363 g/mol. The van der Waals surface area contributed by atoms with E-state index in [-0.39, 0.29) is 5.91 Å². The first-order valence-electron chi connectivity index (χ1n) is 9.44. The lowest BCUT2D eigenvalue weighted by molar-refractivity contribution is -0.898. The highest BCUT2D eigenvalue weighted by atomic mass is 16.5. The summed E-state index contributed by atoms with van der Waals surface area (Å²) in [6.07, 6.45) is 6.10. The van der Waals surface area contributed by atoms with Crippen molar-refractivity contribution in [3.05, 3.63) is 84.5 Å². The number of ether oxygens (including phenoxy) is 1. The maximum atomic E-state index is 12.7. The quantitative estimate of drug-likeness (QED) is 0.766. The number of amides is 1. The molecular formula is C23H27N2O2+. The van der Waals surface area contributed by atoms with Gasteiger partial charge in [0.1, 0.15) is 12.4 Å². The molecule has 0 aliphatic carbocycles. The van der Waals surface area contributed by atoms with Crippen molar-refractivity contribution in [2.75, 3.05) is 39.3 Å². The van der Waals surface area contributed by atoms with E-state index in [4.69, 9.17) is 4.74 Å². The minimum atomic E-state index is 0.101. The molecule has 140 valence electrons. The third kappa shape index (κ3) is 5.56. The van der Waals surface area contributed by atoms with Crippen molar-refractivity contribution >= 4 is 12.0 Å². The summed E-state index contributed by atoms with van der Waals surface area (Å²) in [6.45, 7) is 8.63. The summed E-state index contributed by atoms with van der Waals surface area (Å²) in [7, 11) is 0. The Morgan fingerprint density at radius 2 is 1.78 bits per heavy atom. The fourth-order valence-corrected chi connectivity index (χ4v) is 3.19. The number of hydrogen-bond donors (Lipinski definition) is 1. The van der Waals surface area contributed by atoms with Crippen molar-refractivity contribution in [1.29, 1.82) is 0 Å². The van der Waals surface area contributed by atoms with Crippen LogP contribution >= 0.6 is 0 Å². The molecule has 2 aromatic rings. The summed E-state index contributed by atoms with van der Waals surface area (Å²) in [4.78, 5) is 16.1. The minimum Gasteiger partial charge on any atom is -0.490 e. The van der Waals surface area contributed by atoms with E-state index in [9.17, 15) is 4.79 Å². The predicted octanol–water partition coefficient (Wildman–Crippen LogP) is 2.31. The summed E-state index contributed by atoms with van der Waals surface area (Å²) in [5.74, 6) is 0.857. The molecule has 3 rings (SSSR count). The fourth-order valence-electron chi connectivity index (χ4n) is 3.19. The van der Waals surface area contributed by atoms with E-state index in [0.29, 0.717) is 12.2 Å². The molecule has 1 fully saturated rings. The van der Waals surface area contributed by atoms with Gasteiger partial charge in [0, 0.05) is 5.56 Å². The first-order chi connectivity index (χ1) is 13.3. The molecule has 1 aliphatic heterocycles. The molecule has 1 heterocycles. The lowest BCUT2D eigenvalue weighted by Gasteiger charge is -2.31. The summed E-state index contributed by atoms with van der Waals surface area (Å²) in [5.41, 5.74) is 1.94. The Morgan fingerprint density at radius 3 is 2.44 bits per heavy atom. The lowest BCUT2D eigenvalue weighted by Crippen LogP contribution is -3.14. The van der Waals surface area contributed by atoms with E-state index >= 15 is 0 Å². The number of carbonyl (C=O) groups is 1. The zero-order chi connectivity index (χ0) is 18.9. The SMILES string of the molecule is C=CCOc1ccc(C(=O)N2CC[NH+](C/C=C/c3ccccc3)CC2)cc1. The molecule has 4 nitrogen and oxygen atoms in total. The Morgan fingerprint density at radius 1 is 1.07 bits per heavy atom. The van der Waals surface area contributed by atoms with E-state index < -0.39 is 0 Å². The Kier molecular flexibility index (Phi) is 6.83. The summed E-state index contributed by atoms with van der Waals surface area (Å²) in [5, 5.41) is 0. The number of hydrogen-bond acceptors (Lipinski definition) is 2. The summed E-state index contributed by atoms with van der Waals surface area (Å²) in [6, 6.07) is 17.7. The second-order valence-corrected chi connectivity index (χ2v) is 6.68. The zero-order valence-electron chi connectivity index (χ0n) is 15.6. The highest BCUT2D eigenvalue weighted by Gasteiger charge is 2.23. The first kappa shape index (κ1) is 18.9. The maximum absolute atomic E-state index is 12.7. The minimum absolute atomic E-state index is 0.101. The van der Waals surface area contributed by atoms with Gasteiger partial charge in [-0.3, -0.25) is 4.79 Å². The van der Waals surface area contributed by atoms with Crippen molar-refractivity contribution in [3.8, 4) is 5.75 Å². The number of rotatable bonds is 7. The van der Waals surface area contributed by atoms with Gasteiger partial charge in [-0.25, -0.2) is 0 Å². The van der Waals surface area contributed by atoms with Gasteiger partial charge in [0.15, 0.2) is 0 Å². The smallest absolute Gasteiger partial charge is 0.254 e. The van der Waals surface area contributed by atoms with Crippen LogP contribution in [-0.2, 0) is 0 Å². The van der Waals surface area contributed by atoms with Crippen molar-refractivity contribution in [1.82, 2.24) is 4.90 Å². The molecule has 0 bridgehead atoms. The average Bonchev–Trinajstić information content (AvgIpc) is 2.73. The molecule has 2 aromatic carbocycles. The van der Waals surface area contributed by atoms with Crippen LogP contribution in [0.1, 0.15) is 15.9 Å². The van der Waals surface area contributed by atoms with Crippen LogP contribution in [0.15, 0.2) is 73.3 Å². The van der Waals surface area contributed by atoms with Crippen LogP contribution < -0.4 is 9.64 Å². The molecule has 0 unspecified atom stereocenters. The molecule has 0 aromatic heterocycles. The van der Waals surface area contributed by atoms with Crippen LogP contribution in [-0.4, -0.2) is 50.1 Å². The van der Waals surface area contributed by atoms with Crippen molar-refractivity contribution in [2.24, 2.45) is 0 Å². The number of nitrogens with zero attached hydrogens (tertiary/aromatic N) is 1. The van der Waals surface area contributed by atoms with Crippen LogP contribution in [0.3, 0.4) is 0 Å². The van der Waals surface area contributed by atoms with Gasteiger partial charge in [0.05, 0.1) is 32.7 Å². The molecule has 0 spiro atoms. The third-order valence-electron chi connectivity index (χ3n) is 4.74. The Bertz CT molecular complexity index is 761. The topological polar surface area (TPSA) is 34.0 Å². The lowest BCUT2D eigenvalue weighted by atomic mass is 10.1. The third-order valence-corrected chi connectivity index (χ3v) is 4.74. The predicted molar refractivity (Wildman–Crippen MR) is 109 cm³/mol. The van der Waals surface area contributed by atoms with Crippen LogP contribution in [0.25, 0.3) is 6.08 Å². The van der Waals surface area contributed by atoms with Gasteiger partial charge in [0.25, 0.3) is 5.91 Å². The van der Waals surface area contributed by atoms with Gasteiger partial charge >= 0.3 is 0 Å². The van der Waals surface area contributed by atoms with Crippen molar-refractivity contribution in [3.63, 3.8) is 0 Å². The number of quaternary nitrogens is 1. The Hall–Kier alpha value is -2.85. The highest BCUT2D eigenvalue weighted by molar-refractivity contribution is 5.94. The van der Waals surface area contributed by atoms with Gasteiger partial charge in [0.2, 0.25) is 0 Å². The van der Waals surface area contributed by atoms with E-state index in [1.54, 1.807) is 6.08 Å². The standard InChI is InChI=1S/C23H26N2O2/c1-2-19-27-22-12-10-21(11-13-22)23(26)25-17-15-24(16-18-25)14-6-9-20-7-4-3-5-8-20/h2-13H,1,14-19H2/p+1/b9-6+. The Balaban J connectivity index is 1.46. The molecule has 1 aliphatic rings. The van der Waals surface area contributed by atoms with E-state index in [1.165, 1.54) is 10.5 Å². The summed E-state index contributed by atoms with van der Waals surface area (Å²) < 4.78 is 5.47. The average molecular weight is 363 g/mol. The number of carbonyl (C=O) groups excluding carboxylic acids is 1. The normalized spacial score (nSPS) is 15.0. The Labute approximate surface area is 161 Å². The summed E-state index contributed by atoms with van der Waals surface area (Å²) >= 11 is 0. The fraction of sp³-hybridized carbons (Fsp3) is 0.261. The van der Waals surface area contributed by atoms with Crippen LogP contribution in [0.4, 0.5) is 0 Å². The van der Waals surface area contributed by atoms with Crippen LogP contribution in [0.2, 0.25) is 0 Å². The molecule has 27 heavy (non-hydrogen) atoms. The molecule has 1 amide bonds. The second-order valence-electron chi connectivity index (χ2n) is 6.68. The molecule has 0 radical (unpaired) electrons. The maximum Gasteiger partial charge on any atom is 0.254 e. The number of benzene rings is 2.